The topological polar surface area (TPSA) is 69.6 Å². The van der Waals surface area contributed by atoms with Crippen LogP contribution in [0.3, 0.4) is 0 Å². The Bertz CT molecular complexity index is 317. The molecule has 0 saturated heterocycles. The van der Waals surface area contributed by atoms with Crippen molar-refractivity contribution in [3.8, 4) is 0 Å². The van der Waals surface area contributed by atoms with Crippen LogP contribution in [0, 0.1) is 0 Å². The predicted molar refractivity (Wildman–Crippen MR) is 77.5 cm³/mol. The van der Waals surface area contributed by atoms with Gasteiger partial charge >= 0.3 is 12.0 Å². The summed E-state index contributed by atoms with van der Waals surface area (Å²) in [4.78, 5) is 24.3. The quantitative estimate of drug-likeness (QED) is 0.528. The molecule has 6 heteroatoms. The van der Waals surface area contributed by atoms with Crippen LogP contribution in [-0.4, -0.2) is 52.6 Å². The summed E-state index contributed by atoms with van der Waals surface area (Å²) in [7, 11) is 0. The third-order valence-electron chi connectivity index (χ3n) is 3.09. The number of carbonyl (C=O) groups excluding carboxylic acids is 1. The van der Waals surface area contributed by atoms with E-state index in [9.17, 15) is 9.59 Å². The average Bonchev–Trinajstić information content (AvgIpc) is 2.89. The number of aliphatic carboxylic acids is 1. The Labute approximate surface area is 118 Å². The molecule has 19 heavy (non-hydrogen) atoms. The first-order valence-electron chi connectivity index (χ1n) is 6.60. The second-order valence-electron chi connectivity index (χ2n) is 4.56. The maximum absolute atomic E-state index is 12.0. The van der Waals surface area contributed by atoms with E-state index in [-0.39, 0.29) is 18.6 Å². The van der Waals surface area contributed by atoms with Crippen molar-refractivity contribution in [3.05, 3.63) is 12.7 Å². The second-order valence-corrected chi connectivity index (χ2v) is 5.71. The van der Waals surface area contributed by atoms with Gasteiger partial charge in [-0.3, -0.25) is 4.79 Å². The van der Waals surface area contributed by atoms with Gasteiger partial charge in [0.25, 0.3) is 0 Å². The lowest BCUT2D eigenvalue weighted by molar-refractivity contribution is -0.138. The van der Waals surface area contributed by atoms with Crippen LogP contribution in [0.25, 0.3) is 0 Å². The van der Waals surface area contributed by atoms with Gasteiger partial charge in [-0.05, 0) is 12.8 Å². The molecule has 0 aromatic rings. The lowest BCUT2D eigenvalue weighted by atomic mass is 10.2. The zero-order chi connectivity index (χ0) is 14.1. The minimum absolute atomic E-state index is 0.0805. The number of nitrogens with zero attached hydrogens (tertiary/aromatic N) is 1. The third-order valence-corrected chi connectivity index (χ3v) is 4.05. The molecule has 0 aliphatic heterocycles. The molecule has 108 valence electrons. The summed E-state index contributed by atoms with van der Waals surface area (Å²) >= 11 is 1.69. The van der Waals surface area contributed by atoms with Crippen molar-refractivity contribution in [2.24, 2.45) is 0 Å². The summed E-state index contributed by atoms with van der Waals surface area (Å²) in [5, 5.41) is 11.7. The SMILES string of the molecule is C=CCSCCNC(=O)N(CC(=O)O)C1CCCC1. The van der Waals surface area contributed by atoms with Gasteiger partial charge in [-0.15, -0.1) is 6.58 Å². The van der Waals surface area contributed by atoms with E-state index in [1.165, 1.54) is 4.90 Å². The van der Waals surface area contributed by atoms with Crippen LogP contribution in [0.1, 0.15) is 25.7 Å². The molecule has 0 aromatic heterocycles. The Morgan fingerprint density at radius 1 is 1.42 bits per heavy atom. The zero-order valence-electron chi connectivity index (χ0n) is 11.1. The molecule has 2 amide bonds. The van der Waals surface area contributed by atoms with Gasteiger partial charge in [0, 0.05) is 24.1 Å². The van der Waals surface area contributed by atoms with Crippen LogP contribution < -0.4 is 5.32 Å². The van der Waals surface area contributed by atoms with Crippen LogP contribution in [0.15, 0.2) is 12.7 Å². The van der Waals surface area contributed by atoms with E-state index >= 15 is 0 Å². The van der Waals surface area contributed by atoms with Crippen LogP contribution in [0.5, 0.6) is 0 Å². The first-order valence-corrected chi connectivity index (χ1v) is 7.75. The summed E-state index contributed by atoms with van der Waals surface area (Å²) in [6, 6.07) is -0.176. The Morgan fingerprint density at radius 3 is 2.68 bits per heavy atom. The Hall–Kier alpha value is -1.17. The van der Waals surface area contributed by atoms with Gasteiger partial charge in [-0.25, -0.2) is 4.79 Å². The van der Waals surface area contributed by atoms with Crippen LogP contribution in [0.4, 0.5) is 4.79 Å². The minimum atomic E-state index is -0.955. The molecule has 2 N–H and O–H groups in total. The van der Waals surface area contributed by atoms with E-state index in [0.29, 0.717) is 6.54 Å². The molecule has 1 saturated carbocycles. The summed E-state index contributed by atoms with van der Waals surface area (Å²) in [6.45, 7) is 3.97. The minimum Gasteiger partial charge on any atom is -0.480 e. The molecular formula is C13H22N2O3S. The van der Waals surface area contributed by atoms with Gasteiger partial charge in [0.1, 0.15) is 6.54 Å². The summed E-state index contributed by atoms with van der Waals surface area (Å²) < 4.78 is 0. The number of amides is 2. The molecule has 5 nitrogen and oxygen atoms in total. The Morgan fingerprint density at radius 2 is 2.11 bits per heavy atom. The van der Waals surface area contributed by atoms with E-state index in [1.54, 1.807) is 11.8 Å². The monoisotopic (exact) mass is 286 g/mol. The molecule has 0 radical (unpaired) electrons. The van der Waals surface area contributed by atoms with E-state index in [2.05, 4.69) is 11.9 Å². The maximum atomic E-state index is 12.0. The van der Waals surface area contributed by atoms with Crippen molar-refractivity contribution >= 4 is 23.8 Å². The van der Waals surface area contributed by atoms with Gasteiger partial charge in [0.05, 0.1) is 0 Å². The van der Waals surface area contributed by atoms with Crippen molar-refractivity contribution in [2.45, 2.75) is 31.7 Å². The maximum Gasteiger partial charge on any atom is 0.323 e. The summed E-state index contributed by atoms with van der Waals surface area (Å²) in [5.41, 5.74) is 0. The molecule has 1 rings (SSSR count). The van der Waals surface area contributed by atoms with Crippen LogP contribution >= 0.6 is 11.8 Å². The van der Waals surface area contributed by atoms with E-state index in [0.717, 1.165) is 37.2 Å². The fourth-order valence-corrected chi connectivity index (χ4v) is 2.81. The van der Waals surface area contributed by atoms with Gasteiger partial charge in [0.2, 0.25) is 0 Å². The highest BCUT2D eigenvalue weighted by Crippen LogP contribution is 2.23. The number of rotatable bonds is 8. The Kier molecular flexibility index (Phi) is 7.40. The number of hydrogen-bond acceptors (Lipinski definition) is 3. The first kappa shape index (κ1) is 15.9. The van der Waals surface area contributed by atoms with Crippen molar-refractivity contribution in [1.29, 1.82) is 0 Å². The van der Waals surface area contributed by atoms with Crippen molar-refractivity contribution in [3.63, 3.8) is 0 Å². The molecule has 0 aromatic carbocycles. The summed E-state index contributed by atoms with van der Waals surface area (Å²) in [5.74, 6) is 0.712. The molecule has 0 heterocycles. The highest BCUT2D eigenvalue weighted by Gasteiger charge is 2.27. The number of hydrogen-bond donors (Lipinski definition) is 2. The normalized spacial score (nSPS) is 15.2. The van der Waals surface area contributed by atoms with E-state index in [1.807, 2.05) is 6.08 Å². The number of carboxylic acids is 1. The third kappa shape index (κ3) is 6.00. The second kappa shape index (κ2) is 8.85. The number of nitrogens with one attached hydrogen (secondary N) is 1. The molecule has 0 bridgehead atoms. The van der Waals surface area contributed by atoms with E-state index in [4.69, 9.17) is 5.11 Å². The zero-order valence-corrected chi connectivity index (χ0v) is 12.0. The molecule has 0 unspecified atom stereocenters. The number of urea groups is 1. The Balaban J connectivity index is 2.37. The van der Waals surface area contributed by atoms with Crippen molar-refractivity contribution in [2.75, 3.05) is 24.6 Å². The van der Waals surface area contributed by atoms with Gasteiger partial charge in [-0.1, -0.05) is 18.9 Å². The standard InChI is InChI=1S/C13H22N2O3S/c1-2-8-19-9-7-14-13(18)15(10-12(16)17)11-5-3-4-6-11/h2,11H,1,3-10H2,(H,14,18)(H,16,17). The fourth-order valence-electron chi connectivity index (χ4n) is 2.23. The summed E-state index contributed by atoms with van der Waals surface area (Å²) in [6.07, 6.45) is 5.78. The van der Waals surface area contributed by atoms with Crippen LogP contribution in [0.2, 0.25) is 0 Å². The molecule has 0 atom stereocenters. The average molecular weight is 286 g/mol. The molecule has 0 spiro atoms. The van der Waals surface area contributed by atoms with Crippen molar-refractivity contribution in [1.82, 2.24) is 10.2 Å². The lowest BCUT2D eigenvalue weighted by Gasteiger charge is -2.27. The largest absolute Gasteiger partial charge is 0.480 e. The number of carboxylic acid groups (broad SMARTS) is 1. The van der Waals surface area contributed by atoms with Gasteiger partial charge in [-0.2, -0.15) is 11.8 Å². The molecule has 1 aliphatic carbocycles. The molecule has 1 fully saturated rings. The molecule has 1 aliphatic rings. The fraction of sp³-hybridized carbons (Fsp3) is 0.692. The smallest absolute Gasteiger partial charge is 0.323 e. The lowest BCUT2D eigenvalue weighted by Crippen LogP contribution is -2.48. The van der Waals surface area contributed by atoms with Gasteiger partial charge < -0.3 is 15.3 Å². The number of carbonyl (C=O) groups is 2. The molecular weight excluding hydrogens is 264 g/mol. The van der Waals surface area contributed by atoms with Crippen LogP contribution in [-0.2, 0) is 4.79 Å². The number of thioether (sulfide) groups is 1. The first-order chi connectivity index (χ1) is 9.15. The van der Waals surface area contributed by atoms with Crippen molar-refractivity contribution < 1.29 is 14.7 Å². The highest BCUT2D eigenvalue weighted by atomic mass is 32.2. The van der Waals surface area contributed by atoms with E-state index < -0.39 is 5.97 Å². The predicted octanol–water partition coefficient (Wildman–Crippen LogP) is 1.94. The highest BCUT2D eigenvalue weighted by molar-refractivity contribution is 7.99. The van der Waals surface area contributed by atoms with Gasteiger partial charge in [0.15, 0.2) is 0 Å².